The highest BCUT2D eigenvalue weighted by Crippen LogP contribution is 2.32. The molecule has 7 heteroatoms. The molecule has 0 N–H and O–H groups in total. The lowest BCUT2D eigenvalue weighted by Crippen LogP contribution is -2.44. The van der Waals surface area contributed by atoms with Crippen LogP contribution in [0.15, 0.2) is 78.3 Å². The molecule has 1 atom stereocenters. The molecule has 1 amide bonds. The van der Waals surface area contributed by atoms with Crippen molar-refractivity contribution in [3.8, 4) is 27.8 Å². The van der Waals surface area contributed by atoms with Crippen LogP contribution in [-0.2, 0) is 11.3 Å². The molecule has 0 saturated carbocycles. The summed E-state index contributed by atoms with van der Waals surface area (Å²) in [5.74, 6) is 1.13. The number of likely N-dealkylation sites (N-methyl/N-ethyl adjacent to an activating group) is 1. The predicted octanol–water partition coefficient (Wildman–Crippen LogP) is 4.40. The molecule has 0 bridgehead atoms. The van der Waals surface area contributed by atoms with Gasteiger partial charge < -0.3 is 14.4 Å². The Morgan fingerprint density at radius 3 is 2.65 bits per heavy atom. The number of carbonyl (C=O) groups excluding carboxylic acids is 1. The van der Waals surface area contributed by atoms with Crippen LogP contribution in [0, 0.1) is 0 Å². The second kappa shape index (κ2) is 8.28. The lowest BCUT2D eigenvalue weighted by atomic mass is 10.2. The van der Waals surface area contributed by atoms with Crippen LogP contribution in [0.1, 0.15) is 5.56 Å². The molecule has 1 aliphatic heterocycles. The number of fused-ring (bicyclic) bond motifs is 1. The van der Waals surface area contributed by atoms with Gasteiger partial charge in [0, 0.05) is 25.4 Å². The lowest BCUT2D eigenvalue weighted by molar-refractivity contribution is -0.140. The van der Waals surface area contributed by atoms with Gasteiger partial charge in [0.2, 0.25) is 6.10 Å². The number of benzene rings is 2. The Morgan fingerprint density at radius 2 is 1.87 bits per heavy atom. The van der Waals surface area contributed by atoms with Crippen LogP contribution in [0.25, 0.3) is 16.3 Å². The second-order valence-corrected chi connectivity index (χ2v) is 8.27. The summed E-state index contributed by atoms with van der Waals surface area (Å²) in [5, 5.41) is 6.84. The quantitative estimate of drug-likeness (QED) is 0.470. The Labute approximate surface area is 184 Å². The van der Waals surface area contributed by atoms with Crippen LogP contribution >= 0.6 is 11.3 Å². The third-order valence-corrected chi connectivity index (χ3v) is 6.01. The van der Waals surface area contributed by atoms with Crippen LogP contribution in [0.5, 0.6) is 11.5 Å². The second-order valence-electron chi connectivity index (χ2n) is 7.32. The van der Waals surface area contributed by atoms with E-state index in [1.54, 1.807) is 23.3 Å². The van der Waals surface area contributed by atoms with E-state index in [-0.39, 0.29) is 12.5 Å². The first-order valence-corrected chi connectivity index (χ1v) is 10.9. The Bertz CT molecular complexity index is 1190. The molecule has 6 nitrogen and oxygen atoms in total. The average molecular weight is 432 g/mol. The minimum Gasteiger partial charge on any atom is -0.485 e. The number of nitrogens with zero attached hydrogens (tertiary/aromatic N) is 3. The van der Waals surface area contributed by atoms with E-state index < -0.39 is 6.10 Å². The fourth-order valence-corrected chi connectivity index (χ4v) is 4.32. The standard InChI is InChI=1S/C24H21N3O3S/c1-26(24(28)21-16-29-19-10-5-6-11-20(19)30-21)14-17-15-27(18-8-3-2-4-9-18)25-23(17)22-12-7-13-31-22/h2-13,15,21H,14,16H2,1H3. The number of hydrogen-bond donors (Lipinski definition) is 0. The van der Waals surface area contributed by atoms with E-state index in [4.69, 9.17) is 14.6 Å². The molecule has 2 aromatic heterocycles. The van der Waals surface area contributed by atoms with E-state index >= 15 is 0 Å². The molecule has 0 spiro atoms. The molecule has 1 aliphatic rings. The van der Waals surface area contributed by atoms with E-state index in [0.717, 1.165) is 21.8 Å². The van der Waals surface area contributed by atoms with Crippen LogP contribution in [0.3, 0.4) is 0 Å². The number of rotatable bonds is 5. The van der Waals surface area contributed by atoms with Gasteiger partial charge in [-0.3, -0.25) is 4.79 Å². The highest BCUT2D eigenvalue weighted by molar-refractivity contribution is 7.13. The molecule has 31 heavy (non-hydrogen) atoms. The van der Waals surface area contributed by atoms with Gasteiger partial charge in [-0.2, -0.15) is 5.10 Å². The van der Waals surface area contributed by atoms with Crippen molar-refractivity contribution >= 4 is 17.2 Å². The van der Waals surface area contributed by atoms with Gasteiger partial charge in [0.05, 0.1) is 10.6 Å². The molecule has 5 rings (SSSR count). The smallest absolute Gasteiger partial charge is 0.267 e. The molecular weight excluding hydrogens is 410 g/mol. The number of para-hydroxylation sites is 3. The molecule has 1 unspecified atom stereocenters. The van der Waals surface area contributed by atoms with Gasteiger partial charge in [0.15, 0.2) is 11.5 Å². The van der Waals surface area contributed by atoms with Crippen molar-refractivity contribution in [1.29, 1.82) is 0 Å². The maximum absolute atomic E-state index is 13.1. The van der Waals surface area contributed by atoms with E-state index in [1.165, 1.54) is 0 Å². The van der Waals surface area contributed by atoms with Crippen LogP contribution in [0.2, 0.25) is 0 Å². The average Bonchev–Trinajstić information content (AvgIpc) is 3.49. The van der Waals surface area contributed by atoms with E-state index in [9.17, 15) is 4.79 Å². The zero-order chi connectivity index (χ0) is 21.2. The Hall–Kier alpha value is -3.58. The minimum absolute atomic E-state index is 0.126. The third-order valence-electron chi connectivity index (χ3n) is 5.13. The fourth-order valence-electron chi connectivity index (χ4n) is 3.58. The first kappa shape index (κ1) is 19.4. The first-order valence-electron chi connectivity index (χ1n) is 10.0. The van der Waals surface area contributed by atoms with Gasteiger partial charge in [0.25, 0.3) is 5.91 Å². The van der Waals surface area contributed by atoms with Crippen LogP contribution < -0.4 is 9.47 Å². The maximum Gasteiger partial charge on any atom is 0.267 e. The molecule has 0 fully saturated rings. The third kappa shape index (κ3) is 3.92. The SMILES string of the molecule is CN(Cc1cn(-c2ccccc2)nc1-c1cccs1)C(=O)C1COc2ccccc2O1. The monoisotopic (exact) mass is 431 g/mol. The minimum atomic E-state index is -0.672. The summed E-state index contributed by atoms with van der Waals surface area (Å²) < 4.78 is 13.5. The highest BCUT2D eigenvalue weighted by Gasteiger charge is 2.30. The summed E-state index contributed by atoms with van der Waals surface area (Å²) >= 11 is 1.63. The van der Waals surface area contributed by atoms with Crippen LogP contribution in [0.4, 0.5) is 0 Å². The zero-order valence-electron chi connectivity index (χ0n) is 17.0. The Kier molecular flexibility index (Phi) is 5.18. The van der Waals surface area contributed by atoms with E-state index in [2.05, 4.69) is 0 Å². The number of aromatic nitrogens is 2. The van der Waals surface area contributed by atoms with Crippen LogP contribution in [-0.4, -0.2) is 40.3 Å². The van der Waals surface area contributed by atoms with Crippen molar-refractivity contribution in [2.45, 2.75) is 12.6 Å². The zero-order valence-corrected chi connectivity index (χ0v) is 17.8. The van der Waals surface area contributed by atoms with Gasteiger partial charge in [-0.15, -0.1) is 11.3 Å². The molecule has 4 aromatic rings. The number of thiophene rings is 1. The van der Waals surface area contributed by atoms with Crippen molar-refractivity contribution < 1.29 is 14.3 Å². The van der Waals surface area contributed by atoms with Crippen molar-refractivity contribution in [3.63, 3.8) is 0 Å². The summed E-state index contributed by atoms with van der Waals surface area (Å²) in [6, 6.07) is 21.4. The van der Waals surface area contributed by atoms with E-state index in [0.29, 0.717) is 18.0 Å². The topological polar surface area (TPSA) is 56.6 Å². The molecule has 0 radical (unpaired) electrons. The van der Waals surface area contributed by atoms with Gasteiger partial charge in [-0.25, -0.2) is 4.68 Å². The summed E-state index contributed by atoms with van der Waals surface area (Å²) in [7, 11) is 1.78. The summed E-state index contributed by atoms with van der Waals surface area (Å²) in [4.78, 5) is 15.8. The summed E-state index contributed by atoms with van der Waals surface area (Å²) in [6.07, 6.45) is 1.32. The van der Waals surface area contributed by atoms with Crippen molar-refractivity contribution in [3.05, 3.63) is 83.9 Å². The van der Waals surface area contributed by atoms with Crippen molar-refractivity contribution in [2.75, 3.05) is 13.7 Å². The van der Waals surface area contributed by atoms with Crippen molar-refractivity contribution in [1.82, 2.24) is 14.7 Å². The molecule has 3 heterocycles. The molecule has 0 saturated heterocycles. The normalized spacial score (nSPS) is 14.9. The molecule has 0 aliphatic carbocycles. The number of ether oxygens (including phenoxy) is 2. The molecule has 2 aromatic carbocycles. The Morgan fingerprint density at radius 1 is 1.10 bits per heavy atom. The lowest BCUT2D eigenvalue weighted by Gasteiger charge is -2.28. The maximum atomic E-state index is 13.1. The number of carbonyl (C=O) groups is 1. The summed E-state index contributed by atoms with van der Waals surface area (Å²) in [5.41, 5.74) is 2.82. The fraction of sp³-hybridized carbons (Fsp3) is 0.167. The largest absolute Gasteiger partial charge is 0.485 e. The van der Waals surface area contributed by atoms with E-state index in [1.807, 2.05) is 83.0 Å². The predicted molar refractivity (Wildman–Crippen MR) is 120 cm³/mol. The van der Waals surface area contributed by atoms with Gasteiger partial charge >= 0.3 is 0 Å². The first-order chi connectivity index (χ1) is 15.2. The van der Waals surface area contributed by atoms with Gasteiger partial charge in [0.1, 0.15) is 12.3 Å². The molecule has 156 valence electrons. The number of hydrogen-bond acceptors (Lipinski definition) is 5. The number of amides is 1. The molecular formula is C24H21N3O3S. The van der Waals surface area contributed by atoms with Gasteiger partial charge in [-0.05, 0) is 35.7 Å². The Balaban J connectivity index is 1.39. The summed E-state index contributed by atoms with van der Waals surface area (Å²) in [6.45, 7) is 0.613. The van der Waals surface area contributed by atoms with Gasteiger partial charge in [-0.1, -0.05) is 36.4 Å². The van der Waals surface area contributed by atoms with Crippen molar-refractivity contribution in [2.24, 2.45) is 0 Å². The highest BCUT2D eigenvalue weighted by atomic mass is 32.1.